The highest BCUT2D eigenvalue weighted by Gasteiger charge is 2.28. The molecule has 1 aliphatic heterocycles. The second kappa shape index (κ2) is 6.68. The minimum Gasteiger partial charge on any atom is -0.330 e. The van der Waals surface area contributed by atoms with Crippen LogP contribution in [0.15, 0.2) is 35.2 Å². The molecule has 0 aromatic heterocycles. The van der Waals surface area contributed by atoms with Crippen LogP contribution in [0.25, 0.3) is 0 Å². The number of fused-ring (bicyclic) bond motifs is 1. The Morgan fingerprint density at radius 1 is 1.15 bits per heavy atom. The van der Waals surface area contributed by atoms with Crippen molar-refractivity contribution in [3.8, 4) is 0 Å². The fraction of sp³-hybridized carbons (Fsp3) is 0.316. The molecule has 5 nitrogen and oxygen atoms in total. The van der Waals surface area contributed by atoms with Gasteiger partial charge in [-0.1, -0.05) is 23.7 Å². The zero-order chi connectivity index (χ0) is 19.2. The molecule has 2 aromatic carbocycles. The summed E-state index contributed by atoms with van der Waals surface area (Å²) in [5.74, 6) is -0.199. The first-order valence-corrected chi connectivity index (χ1v) is 10.0. The Morgan fingerprint density at radius 3 is 2.46 bits per heavy atom. The summed E-state index contributed by atoms with van der Waals surface area (Å²) in [5.41, 5.74) is 3.77. The number of hydrogen-bond donors (Lipinski definition) is 0. The lowest BCUT2D eigenvalue weighted by Crippen LogP contribution is -2.27. The van der Waals surface area contributed by atoms with Crippen molar-refractivity contribution in [3.63, 3.8) is 0 Å². The molecule has 0 aliphatic carbocycles. The third kappa shape index (κ3) is 3.13. The van der Waals surface area contributed by atoms with Gasteiger partial charge >= 0.3 is 0 Å². The summed E-state index contributed by atoms with van der Waals surface area (Å²) < 4.78 is 26.4. The summed E-state index contributed by atoms with van der Waals surface area (Å²) in [6.45, 7) is 4.47. The predicted molar refractivity (Wildman–Crippen MR) is 102 cm³/mol. The summed E-state index contributed by atoms with van der Waals surface area (Å²) in [4.78, 5) is 14.9. The Hall–Kier alpha value is -1.89. The van der Waals surface area contributed by atoms with Gasteiger partial charge in [-0.05, 0) is 54.3 Å². The zero-order valence-electron chi connectivity index (χ0n) is 15.2. The monoisotopic (exact) mass is 392 g/mol. The number of hydrogen-bond acceptors (Lipinski definition) is 3. The van der Waals surface area contributed by atoms with Crippen LogP contribution in [0.2, 0.25) is 5.02 Å². The zero-order valence-corrected chi connectivity index (χ0v) is 16.8. The minimum atomic E-state index is -3.63. The summed E-state index contributed by atoms with van der Waals surface area (Å²) in [6, 6.07) is 8.86. The van der Waals surface area contributed by atoms with Crippen LogP contribution in [0.3, 0.4) is 0 Å². The molecule has 0 radical (unpaired) electrons. The van der Waals surface area contributed by atoms with E-state index >= 15 is 0 Å². The maximum atomic E-state index is 13.0. The van der Waals surface area contributed by atoms with Crippen molar-refractivity contribution in [1.82, 2.24) is 9.21 Å². The van der Waals surface area contributed by atoms with E-state index in [1.54, 1.807) is 17.9 Å². The normalized spacial score (nSPS) is 14.0. The molecule has 0 N–H and O–H groups in total. The lowest BCUT2D eigenvalue weighted by atomic mass is 10.1. The highest BCUT2D eigenvalue weighted by Crippen LogP contribution is 2.31. The number of rotatable bonds is 3. The van der Waals surface area contributed by atoms with Gasteiger partial charge in [0.05, 0.1) is 4.90 Å². The first-order valence-electron chi connectivity index (χ1n) is 8.22. The number of aryl methyl sites for hydroxylation is 1. The molecule has 26 heavy (non-hydrogen) atoms. The molecule has 7 heteroatoms. The molecule has 0 unspecified atom stereocenters. The van der Waals surface area contributed by atoms with Gasteiger partial charge in [0.25, 0.3) is 5.91 Å². The van der Waals surface area contributed by atoms with Crippen LogP contribution in [-0.4, -0.2) is 37.6 Å². The van der Waals surface area contributed by atoms with Crippen molar-refractivity contribution in [2.75, 3.05) is 14.1 Å². The minimum absolute atomic E-state index is 0.167. The van der Waals surface area contributed by atoms with Crippen molar-refractivity contribution in [2.45, 2.75) is 31.8 Å². The number of halogens is 1. The Kier molecular flexibility index (Phi) is 4.86. The largest absolute Gasteiger partial charge is 0.330 e. The van der Waals surface area contributed by atoms with E-state index in [2.05, 4.69) is 0 Å². The topological polar surface area (TPSA) is 57.7 Å². The van der Waals surface area contributed by atoms with Gasteiger partial charge in [0, 0.05) is 37.8 Å². The molecular weight excluding hydrogens is 372 g/mol. The van der Waals surface area contributed by atoms with Crippen molar-refractivity contribution in [3.05, 3.63) is 63.2 Å². The lowest BCUT2D eigenvalue weighted by molar-refractivity contribution is 0.0751. The Balaban J connectivity index is 2.00. The average Bonchev–Trinajstić information content (AvgIpc) is 3.01. The number of amides is 1. The van der Waals surface area contributed by atoms with E-state index in [0.29, 0.717) is 29.2 Å². The fourth-order valence-corrected chi connectivity index (χ4v) is 4.59. The number of carbonyl (C=O) groups is 1. The van der Waals surface area contributed by atoms with Crippen LogP contribution < -0.4 is 0 Å². The van der Waals surface area contributed by atoms with E-state index < -0.39 is 10.0 Å². The number of nitrogens with zero attached hydrogens (tertiary/aromatic N) is 2. The molecule has 0 atom stereocenters. The lowest BCUT2D eigenvalue weighted by Gasteiger charge is -2.19. The molecule has 2 aromatic rings. The Labute approximate surface area is 159 Å². The molecule has 0 saturated heterocycles. The predicted octanol–water partition coefficient (Wildman–Crippen LogP) is 3.36. The molecule has 1 amide bonds. The molecule has 138 valence electrons. The number of sulfonamides is 1. The van der Waals surface area contributed by atoms with Gasteiger partial charge in [-0.3, -0.25) is 4.79 Å². The van der Waals surface area contributed by atoms with Crippen LogP contribution in [0.5, 0.6) is 0 Å². The van der Waals surface area contributed by atoms with E-state index in [4.69, 9.17) is 11.6 Å². The second-order valence-corrected chi connectivity index (χ2v) is 9.27. The molecule has 0 fully saturated rings. The summed E-state index contributed by atoms with van der Waals surface area (Å²) in [7, 11) is -0.661. The maximum Gasteiger partial charge on any atom is 0.254 e. The fourth-order valence-electron chi connectivity index (χ4n) is 3.12. The van der Waals surface area contributed by atoms with Gasteiger partial charge in [-0.2, -0.15) is 0 Å². The Bertz CT molecular complexity index is 1000. The molecule has 0 spiro atoms. The van der Waals surface area contributed by atoms with Gasteiger partial charge in [0.1, 0.15) is 0 Å². The van der Waals surface area contributed by atoms with E-state index in [0.717, 1.165) is 21.0 Å². The SMILES string of the molecule is Cc1cc(C(=O)N2Cc3cccc(Cl)c3C2)cc(S(=O)(=O)N(C)C)c1C. The summed E-state index contributed by atoms with van der Waals surface area (Å²) >= 11 is 6.23. The van der Waals surface area contributed by atoms with Gasteiger partial charge in [0.15, 0.2) is 0 Å². The second-order valence-electron chi connectivity index (χ2n) is 6.74. The van der Waals surface area contributed by atoms with Crippen molar-refractivity contribution in [2.24, 2.45) is 0 Å². The number of benzene rings is 2. The first kappa shape index (κ1) is 18.9. The van der Waals surface area contributed by atoms with Crippen molar-refractivity contribution < 1.29 is 13.2 Å². The third-order valence-electron chi connectivity index (χ3n) is 4.84. The van der Waals surface area contributed by atoms with Crippen LogP contribution in [0.1, 0.15) is 32.6 Å². The maximum absolute atomic E-state index is 13.0. The smallest absolute Gasteiger partial charge is 0.254 e. The van der Waals surface area contributed by atoms with Crippen molar-refractivity contribution >= 4 is 27.5 Å². The molecule has 1 heterocycles. The van der Waals surface area contributed by atoms with E-state index in [1.807, 2.05) is 25.1 Å². The van der Waals surface area contributed by atoms with Gasteiger partial charge < -0.3 is 4.90 Å². The van der Waals surface area contributed by atoms with Crippen molar-refractivity contribution in [1.29, 1.82) is 0 Å². The molecular formula is C19H21ClN2O3S. The molecule has 0 bridgehead atoms. The average molecular weight is 393 g/mol. The van der Waals surface area contributed by atoms with Crippen LogP contribution in [-0.2, 0) is 23.1 Å². The van der Waals surface area contributed by atoms with E-state index in [1.165, 1.54) is 20.2 Å². The quantitative estimate of drug-likeness (QED) is 0.804. The van der Waals surface area contributed by atoms with Crippen LogP contribution >= 0.6 is 11.6 Å². The molecule has 3 rings (SSSR count). The van der Waals surface area contributed by atoms with Gasteiger partial charge in [0.2, 0.25) is 10.0 Å². The van der Waals surface area contributed by atoms with Crippen LogP contribution in [0.4, 0.5) is 0 Å². The summed E-state index contributed by atoms with van der Waals surface area (Å²) in [6.07, 6.45) is 0. The highest BCUT2D eigenvalue weighted by atomic mass is 35.5. The summed E-state index contributed by atoms with van der Waals surface area (Å²) in [5, 5.41) is 0.647. The molecule has 0 saturated carbocycles. The third-order valence-corrected chi connectivity index (χ3v) is 7.13. The highest BCUT2D eigenvalue weighted by molar-refractivity contribution is 7.89. The first-order chi connectivity index (χ1) is 12.1. The number of carbonyl (C=O) groups excluding carboxylic acids is 1. The van der Waals surface area contributed by atoms with Crippen LogP contribution in [0, 0.1) is 13.8 Å². The van der Waals surface area contributed by atoms with E-state index in [9.17, 15) is 13.2 Å². The van der Waals surface area contributed by atoms with E-state index in [-0.39, 0.29) is 10.8 Å². The Morgan fingerprint density at radius 2 is 1.85 bits per heavy atom. The standard InChI is InChI=1S/C19H21ClN2O3S/c1-12-8-15(9-18(13(12)2)26(24,25)21(3)4)19(23)22-10-14-6-5-7-17(20)16(14)11-22/h5-9H,10-11H2,1-4H3. The van der Waals surface area contributed by atoms with Gasteiger partial charge in [-0.15, -0.1) is 0 Å². The molecule has 1 aliphatic rings. The van der Waals surface area contributed by atoms with Gasteiger partial charge in [-0.25, -0.2) is 12.7 Å².